The first kappa shape index (κ1) is 8.79. The zero-order valence-corrected chi connectivity index (χ0v) is 8.07. The van der Waals surface area contributed by atoms with Gasteiger partial charge in [-0.3, -0.25) is 0 Å². The maximum Gasteiger partial charge on any atom is 0.0310 e. The van der Waals surface area contributed by atoms with Crippen molar-refractivity contribution < 1.29 is 0 Å². The van der Waals surface area contributed by atoms with Crippen LogP contribution in [-0.2, 0) is 0 Å². The molecule has 0 fully saturated rings. The summed E-state index contributed by atoms with van der Waals surface area (Å²) >= 11 is 0. The van der Waals surface area contributed by atoms with Gasteiger partial charge >= 0.3 is 0 Å². The average molecular weight is 153 g/mol. The molecule has 11 heavy (non-hydrogen) atoms. The third-order valence-electron chi connectivity index (χ3n) is 2.28. The fraction of sp³-hybridized carbons (Fsp3) is 0.800. The van der Waals surface area contributed by atoms with Gasteiger partial charge in [0.15, 0.2) is 0 Å². The van der Waals surface area contributed by atoms with Gasteiger partial charge in [-0.1, -0.05) is 25.5 Å². The van der Waals surface area contributed by atoms with E-state index in [-0.39, 0.29) is 5.54 Å². The number of hydrogen-bond acceptors (Lipinski definition) is 1. The second kappa shape index (κ2) is 2.98. The standard InChI is InChI=1S/C10H19N/c1-8(2)9-5-6-11-10(3,4)7-9/h7-8,11H,5-6H2,1-4H3. The third-order valence-corrected chi connectivity index (χ3v) is 2.28. The molecular formula is C10H19N. The van der Waals surface area contributed by atoms with Crippen LogP contribution >= 0.6 is 0 Å². The number of rotatable bonds is 1. The summed E-state index contributed by atoms with van der Waals surface area (Å²) in [5.74, 6) is 0.719. The molecule has 0 atom stereocenters. The number of nitrogens with one attached hydrogen (secondary N) is 1. The summed E-state index contributed by atoms with van der Waals surface area (Å²) in [6.45, 7) is 10.1. The molecule has 0 unspecified atom stereocenters. The quantitative estimate of drug-likeness (QED) is 0.570. The van der Waals surface area contributed by atoms with E-state index >= 15 is 0 Å². The van der Waals surface area contributed by atoms with Crippen molar-refractivity contribution in [2.24, 2.45) is 5.92 Å². The lowest BCUT2D eigenvalue weighted by molar-refractivity contribution is 0.438. The molecule has 1 heterocycles. The maximum atomic E-state index is 3.47. The van der Waals surface area contributed by atoms with E-state index in [1.165, 1.54) is 6.42 Å². The molecule has 1 rings (SSSR count). The molecule has 0 aromatic carbocycles. The van der Waals surface area contributed by atoms with Gasteiger partial charge in [0.1, 0.15) is 0 Å². The Morgan fingerprint density at radius 3 is 2.45 bits per heavy atom. The molecule has 0 saturated heterocycles. The lowest BCUT2D eigenvalue weighted by Crippen LogP contribution is -2.41. The molecule has 1 N–H and O–H groups in total. The van der Waals surface area contributed by atoms with Crippen LogP contribution in [0.15, 0.2) is 11.6 Å². The predicted molar refractivity (Wildman–Crippen MR) is 49.6 cm³/mol. The van der Waals surface area contributed by atoms with Crippen LogP contribution < -0.4 is 5.32 Å². The zero-order valence-electron chi connectivity index (χ0n) is 8.07. The molecule has 1 aliphatic heterocycles. The van der Waals surface area contributed by atoms with E-state index in [4.69, 9.17) is 0 Å². The van der Waals surface area contributed by atoms with Crippen molar-refractivity contribution in [3.05, 3.63) is 11.6 Å². The normalized spacial score (nSPS) is 23.5. The smallest absolute Gasteiger partial charge is 0.0310 e. The Bertz CT molecular complexity index is 166. The third kappa shape index (κ3) is 2.33. The first-order valence-electron chi connectivity index (χ1n) is 4.48. The second-order valence-electron chi connectivity index (χ2n) is 4.27. The average Bonchev–Trinajstić information content (AvgIpc) is 1.85. The summed E-state index contributed by atoms with van der Waals surface area (Å²) in [7, 11) is 0. The van der Waals surface area contributed by atoms with Crippen molar-refractivity contribution in [3.63, 3.8) is 0 Å². The molecule has 64 valence electrons. The predicted octanol–water partition coefficient (Wildman–Crippen LogP) is 2.34. The molecule has 1 aliphatic rings. The Balaban J connectivity index is 2.73. The van der Waals surface area contributed by atoms with Gasteiger partial charge in [0.25, 0.3) is 0 Å². The Kier molecular flexibility index (Phi) is 2.38. The van der Waals surface area contributed by atoms with Crippen LogP contribution in [0.5, 0.6) is 0 Å². The highest BCUT2D eigenvalue weighted by Crippen LogP contribution is 2.22. The van der Waals surface area contributed by atoms with Crippen LogP contribution in [0.4, 0.5) is 0 Å². The van der Waals surface area contributed by atoms with E-state index in [0.29, 0.717) is 0 Å². The van der Waals surface area contributed by atoms with Crippen LogP contribution in [0.1, 0.15) is 34.1 Å². The largest absolute Gasteiger partial charge is 0.308 e. The molecule has 0 spiro atoms. The van der Waals surface area contributed by atoms with Crippen molar-refractivity contribution in [3.8, 4) is 0 Å². The topological polar surface area (TPSA) is 12.0 Å². The number of hydrogen-bond donors (Lipinski definition) is 1. The molecule has 0 bridgehead atoms. The highest BCUT2D eigenvalue weighted by Gasteiger charge is 2.20. The Hall–Kier alpha value is -0.300. The second-order valence-corrected chi connectivity index (χ2v) is 4.27. The van der Waals surface area contributed by atoms with Crippen LogP contribution in [0.3, 0.4) is 0 Å². The van der Waals surface area contributed by atoms with Crippen molar-refractivity contribution in [2.75, 3.05) is 6.54 Å². The van der Waals surface area contributed by atoms with Crippen LogP contribution in [0.2, 0.25) is 0 Å². The summed E-state index contributed by atoms with van der Waals surface area (Å²) in [5, 5.41) is 3.47. The maximum absolute atomic E-state index is 3.47. The van der Waals surface area contributed by atoms with E-state index in [1.54, 1.807) is 5.57 Å². The Morgan fingerprint density at radius 2 is 2.09 bits per heavy atom. The molecule has 0 amide bonds. The van der Waals surface area contributed by atoms with Gasteiger partial charge in [-0.25, -0.2) is 0 Å². The summed E-state index contributed by atoms with van der Waals surface area (Å²) in [6, 6.07) is 0. The Labute approximate surface area is 69.9 Å². The molecule has 0 saturated carbocycles. The first-order chi connectivity index (χ1) is 5.01. The summed E-state index contributed by atoms with van der Waals surface area (Å²) in [6.07, 6.45) is 3.60. The van der Waals surface area contributed by atoms with Crippen molar-refractivity contribution in [1.29, 1.82) is 0 Å². The van der Waals surface area contributed by atoms with Crippen LogP contribution in [0, 0.1) is 5.92 Å². The minimum absolute atomic E-state index is 0.220. The van der Waals surface area contributed by atoms with Gasteiger partial charge < -0.3 is 5.32 Å². The van der Waals surface area contributed by atoms with Gasteiger partial charge in [0.05, 0.1) is 0 Å². The monoisotopic (exact) mass is 153 g/mol. The van der Waals surface area contributed by atoms with Gasteiger partial charge in [-0.05, 0) is 32.7 Å². The molecule has 1 heteroatoms. The van der Waals surface area contributed by atoms with Crippen LogP contribution in [0.25, 0.3) is 0 Å². The van der Waals surface area contributed by atoms with E-state index in [1.807, 2.05) is 0 Å². The molecular weight excluding hydrogens is 134 g/mol. The lowest BCUT2D eigenvalue weighted by Gasteiger charge is -2.30. The van der Waals surface area contributed by atoms with E-state index < -0.39 is 0 Å². The summed E-state index contributed by atoms with van der Waals surface area (Å²) in [5.41, 5.74) is 1.83. The molecule has 0 aromatic rings. The summed E-state index contributed by atoms with van der Waals surface area (Å²) < 4.78 is 0. The van der Waals surface area contributed by atoms with Crippen molar-refractivity contribution >= 4 is 0 Å². The van der Waals surface area contributed by atoms with Gasteiger partial charge in [0, 0.05) is 5.54 Å². The first-order valence-corrected chi connectivity index (χ1v) is 4.48. The van der Waals surface area contributed by atoms with Gasteiger partial charge in [-0.15, -0.1) is 0 Å². The SMILES string of the molecule is CC(C)C1=CC(C)(C)NCC1. The fourth-order valence-electron chi connectivity index (χ4n) is 1.57. The van der Waals surface area contributed by atoms with Crippen molar-refractivity contribution in [2.45, 2.75) is 39.7 Å². The van der Waals surface area contributed by atoms with Gasteiger partial charge in [-0.2, -0.15) is 0 Å². The highest BCUT2D eigenvalue weighted by molar-refractivity contribution is 5.17. The van der Waals surface area contributed by atoms with E-state index in [0.717, 1.165) is 12.5 Å². The molecule has 0 radical (unpaired) electrons. The Morgan fingerprint density at radius 1 is 1.45 bits per heavy atom. The minimum Gasteiger partial charge on any atom is -0.308 e. The highest BCUT2D eigenvalue weighted by atomic mass is 15.0. The minimum atomic E-state index is 0.220. The summed E-state index contributed by atoms with van der Waals surface area (Å²) in [4.78, 5) is 0. The van der Waals surface area contributed by atoms with Crippen molar-refractivity contribution in [1.82, 2.24) is 5.32 Å². The molecule has 1 nitrogen and oxygen atoms in total. The lowest BCUT2D eigenvalue weighted by atomic mass is 9.89. The molecule has 0 aliphatic carbocycles. The van der Waals surface area contributed by atoms with Crippen LogP contribution in [-0.4, -0.2) is 12.1 Å². The zero-order chi connectivity index (χ0) is 8.48. The van der Waals surface area contributed by atoms with E-state index in [9.17, 15) is 0 Å². The van der Waals surface area contributed by atoms with E-state index in [2.05, 4.69) is 39.1 Å². The molecule has 0 aromatic heterocycles. The fourth-order valence-corrected chi connectivity index (χ4v) is 1.57. The van der Waals surface area contributed by atoms with Gasteiger partial charge in [0.2, 0.25) is 0 Å².